The lowest BCUT2D eigenvalue weighted by Gasteiger charge is -2.06. The first-order valence-corrected chi connectivity index (χ1v) is 5.09. The molecule has 0 spiro atoms. The first-order valence-electron chi connectivity index (χ1n) is 4.71. The highest BCUT2D eigenvalue weighted by Gasteiger charge is 2.05. The Morgan fingerprint density at radius 2 is 1.73 bits per heavy atom. The van der Waals surface area contributed by atoms with Crippen LogP contribution in [0.2, 0.25) is 5.02 Å². The van der Waals surface area contributed by atoms with Crippen LogP contribution in [0.15, 0.2) is 30.7 Å². The molecule has 0 unspecified atom stereocenters. The normalized spacial score (nSPS) is 10.3. The number of aromatic nitrogens is 2. The van der Waals surface area contributed by atoms with Gasteiger partial charge in [0.15, 0.2) is 0 Å². The molecule has 2 rings (SSSR count). The second-order valence-corrected chi connectivity index (χ2v) is 3.89. The third-order valence-corrected chi connectivity index (χ3v) is 2.89. The van der Waals surface area contributed by atoms with E-state index in [9.17, 15) is 0 Å². The number of halogens is 1. The fourth-order valence-corrected chi connectivity index (χ4v) is 1.65. The molecule has 0 saturated heterocycles. The van der Waals surface area contributed by atoms with Gasteiger partial charge in [0.2, 0.25) is 0 Å². The van der Waals surface area contributed by atoms with Crippen LogP contribution in [0.1, 0.15) is 11.1 Å². The molecule has 0 bridgehead atoms. The molecule has 0 aliphatic heterocycles. The van der Waals surface area contributed by atoms with E-state index in [1.807, 2.05) is 26.0 Å². The minimum absolute atomic E-state index is 0.822. The van der Waals surface area contributed by atoms with Crippen LogP contribution in [-0.2, 0) is 0 Å². The molecule has 0 fully saturated rings. The molecule has 0 atom stereocenters. The van der Waals surface area contributed by atoms with Gasteiger partial charge in [-0.15, -0.1) is 0 Å². The summed E-state index contributed by atoms with van der Waals surface area (Å²) in [6.45, 7) is 3.99. The molecule has 1 aromatic heterocycles. The lowest BCUT2D eigenvalue weighted by Crippen LogP contribution is -1.88. The molecule has 15 heavy (non-hydrogen) atoms. The van der Waals surface area contributed by atoms with Crippen LogP contribution in [0.25, 0.3) is 11.3 Å². The molecule has 0 saturated carbocycles. The molecule has 0 aliphatic carbocycles. The number of aryl methyl sites for hydroxylation is 2. The van der Waals surface area contributed by atoms with Crippen LogP contribution in [0.5, 0.6) is 0 Å². The second kappa shape index (κ2) is 3.99. The number of rotatable bonds is 1. The zero-order valence-corrected chi connectivity index (χ0v) is 9.42. The molecule has 0 aliphatic rings. The minimum Gasteiger partial charge on any atom is -0.261 e. The van der Waals surface area contributed by atoms with Crippen molar-refractivity contribution in [1.82, 2.24) is 9.97 Å². The molecule has 0 N–H and O–H groups in total. The quantitative estimate of drug-likeness (QED) is 0.733. The van der Waals surface area contributed by atoms with Crippen molar-refractivity contribution in [3.8, 4) is 11.3 Å². The Labute approximate surface area is 94.0 Å². The predicted octanol–water partition coefficient (Wildman–Crippen LogP) is 3.41. The van der Waals surface area contributed by atoms with Crippen molar-refractivity contribution in [3.63, 3.8) is 0 Å². The van der Waals surface area contributed by atoms with Crippen LogP contribution in [0.3, 0.4) is 0 Å². The van der Waals surface area contributed by atoms with Gasteiger partial charge >= 0.3 is 0 Å². The molecule has 76 valence electrons. The maximum atomic E-state index is 6.10. The van der Waals surface area contributed by atoms with Crippen molar-refractivity contribution in [2.75, 3.05) is 0 Å². The van der Waals surface area contributed by atoms with E-state index in [0.717, 1.165) is 27.4 Å². The van der Waals surface area contributed by atoms with Crippen molar-refractivity contribution in [2.45, 2.75) is 13.8 Å². The van der Waals surface area contributed by atoms with Crippen LogP contribution in [0, 0.1) is 13.8 Å². The Kier molecular flexibility index (Phi) is 2.69. The highest BCUT2D eigenvalue weighted by atomic mass is 35.5. The number of hydrogen-bond donors (Lipinski definition) is 0. The van der Waals surface area contributed by atoms with Gasteiger partial charge in [-0.05, 0) is 37.1 Å². The van der Waals surface area contributed by atoms with E-state index >= 15 is 0 Å². The third-order valence-electron chi connectivity index (χ3n) is 2.30. The van der Waals surface area contributed by atoms with Gasteiger partial charge in [-0.25, -0.2) is 0 Å². The van der Waals surface area contributed by atoms with E-state index in [4.69, 9.17) is 11.6 Å². The summed E-state index contributed by atoms with van der Waals surface area (Å²) in [6, 6.07) is 4.05. The highest BCUT2D eigenvalue weighted by Crippen LogP contribution is 2.26. The molecule has 0 radical (unpaired) electrons. The molecule has 3 heteroatoms. The highest BCUT2D eigenvalue weighted by molar-refractivity contribution is 6.32. The average molecular weight is 219 g/mol. The van der Waals surface area contributed by atoms with Gasteiger partial charge in [-0.3, -0.25) is 9.97 Å². The molecule has 0 amide bonds. The standard InChI is InChI=1S/C12H11ClN2/c1-8-5-10(6-9(2)12(8)13)11-7-14-3-4-15-11/h3-7H,1-2H3. The summed E-state index contributed by atoms with van der Waals surface area (Å²) >= 11 is 6.10. The van der Waals surface area contributed by atoms with Gasteiger partial charge in [0, 0.05) is 23.0 Å². The third kappa shape index (κ3) is 2.00. The van der Waals surface area contributed by atoms with E-state index in [2.05, 4.69) is 9.97 Å². The average Bonchev–Trinajstić information content (AvgIpc) is 2.26. The Bertz CT molecular complexity index is 457. The van der Waals surface area contributed by atoms with Gasteiger partial charge < -0.3 is 0 Å². The monoisotopic (exact) mass is 218 g/mol. The zero-order valence-electron chi connectivity index (χ0n) is 8.66. The van der Waals surface area contributed by atoms with Crippen molar-refractivity contribution >= 4 is 11.6 Å². The molecule has 2 nitrogen and oxygen atoms in total. The first kappa shape index (κ1) is 10.1. The van der Waals surface area contributed by atoms with Crippen molar-refractivity contribution in [2.24, 2.45) is 0 Å². The smallest absolute Gasteiger partial charge is 0.0885 e. The van der Waals surface area contributed by atoms with E-state index in [-0.39, 0.29) is 0 Å². The Morgan fingerprint density at radius 3 is 2.27 bits per heavy atom. The maximum absolute atomic E-state index is 6.10. The fraction of sp³-hybridized carbons (Fsp3) is 0.167. The van der Waals surface area contributed by atoms with Crippen LogP contribution < -0.4 is 0 Å². The topological polar surface area (TPSA) is 25.8 Å². The lowest BCUT2D eigenvalue weighted by atomic mass is 10.1. The first-order chi connectivity index (χ1) is 7.18. The Hall–Kier alpha value is -1.41. The van der Waals surface area contributed by atoms with Crippen LogP contribution in [0.4, 0.5) is 0 Å². The molecular formula is C12H11ClN2. The van der Waals surface area contributed by atoms with Crippen molar-refractivity contribution in [1.29, 1.82) is 0 Å². The second-order valence-electron chi connectivity index (χ2n) is 3.51. The van der Waals surface area contributed by atoms with Gasteiger partial charge in [-0.1, -0.05) is 11.6 Å². The Balaban J connectivity index is 2.56. The number of nitrogens with zero attached hydrogens (tertiary/aromatic N) is 2. The predicted molar refractivity (Wildman–Crippen MR) is 62.0 cm³/mol. The summed E-state index contributed by atoms with van der Waals surface area (Å²) in [5.41, 5.74) is 4.07. The van der Waals surface area contributed by atoms with E-state index < -0.39 is 0 Å². The Morgan fingerprint density at radius 1 is 1.07 bits per heavy atom. The van der Waals surface area contributed by atoms with E-state index in [1.165, 1.54) is 0 Å². The van der Waals surface area contributed by atoms with Gasteiger partial charge in [0.1, 0.15) is 0 Å². The van der Waals surface area contributed by atoms with E-state index in [1.54, 1.807) is 18.6 Å². The molecular weight excluding hydrogens is 208 g/mol. The molecule has 1 heterocycles. The van der Waals surface area contributed by atoms with Gasteiger partial charge in [0.05, 0.1) is 11.9 Å². The van der Waals surface area contributed by atoms with Crippen LogP contribution >= 0.6 is 11.6 Å². The zero-order chi connectivity index (χ0) is 10.8. The summed E-state index contributed by atoms with van der Waals surface area (Å²) < 4.78 is 0. The van der Waals surface area contributed by atoms with E-state index in [0.29, 0.717) is 0 Å². The minimum atomic E-state index is 0.822. The fourth-order valence-electron chi connectivity index (χ4n) is 1.54. The van der Waals surface area contributed by atoms with Crippen LogP contribution in [-0.4, -0.2) is 9.97 Å². The molecule has 2 aromatic rings. The van der Waals surface area contributed by atoms with Gasteiger partial charge in [-0.2, -0.15) is 0 Å². The summed E-state index contributed by atoms with van der Waals surface area (Å²) in [6.07, 6.45) is 5.11. The summed E-state index contributed by atoms with van der Waals surface area (Å²) in [5, 5.41) is 0.822. The largest absolute Gasteiger partial charge is 0.261 e. The summed E-state index contributed by atoms with van der Waals surface area (Å²) in [7, 11) is 0. The summed E-state index contributed by atoms with van der Waals surface area (Å²) in [4.78, 5) is 8.30. The maximum Gasteiger partial charge on any atom is 0.0885 e. The SMILES string of the molecule is Cc1cc(-c2cnccn2)cc(C)c1Cl. The lowest BCUT2D eigenvalue weighted by molar-refractivity contribution is 1.20. The van der Waals surface area contributed by atoms with Crippen molar-refractivity contribution in [3.05, 3.63) is 46.9 Å². The molecule has 1 aromatic carbocycles. The summed E-state index contributed by atoms with van der Waals surface area (Å²) in [5.74, 6) is 0. The van der Waals surface area contributed by atoms with Crippen molar-refractivity contribution < 1.29 is 0 Å². The van der Waals surface area contributed by atoms with Gasteiger partial charge in [0.25, 0.3) is 0 Å². The number of hydrogen-bond acceptors (Lipinski definition) is 2. The number of benzene rings is 1.